The Morgan fingerprint density at radius 1 is 0.686 bits per heavy atom. The zero-order chi connectivity index (χ0) is 24.2. The van der Waals surface area contributed by atoms with Gasteiger partial charge in [-0.15, -0.1) is 0 Å². The van der Waals surface area contributed by atoms with E-state index in [0.29, 0.717) is 0 Å². The zero-order valence-corrected chi connectivity index (χ0v) is 21.8. The number of aliphatic hydroxyl groups is 1. The highest BCUT2D eigenvalue weighted by molar-refractivity contribution is 9.10. The van der Waals surface area contributed by atoms with E-state index in [1.807, 2.05) is 77.5 Å². The average molecular weight is 590 g/mol. The molecule has 0 aliphatic heterocycles. The van der Waals surface area contributed by atoms with Crippen LogP contribution in [0, 0.1) is 0 Å². The summed E-state index contributed by atoms with van der Waals surface area (Å²) in [5.41, 5.74) is 5.93. The van der Waals surface area contributed by atoms with Crippen molar-refractivity contribution in [1.82, 2.24) is 18.8 Å². The molecule has 5 nitrogen and oxygen atoms in total. The molecule has 0 amide bonds. The molecular formula is C28H22Br2N4O. The first-order chi connectivity index (χ1) is 17.1. The van der Waals surface area contributed by atoms with Crippen LogP contribution in [0.5, 0.6) is 0 Å². The number of rotatable bonds is 4. The summed E-state index contributed by atoms with van der Waals surface area (Å²) in [5, 5.41) is 10.4. The van der Waals surface area contributed by atoms with Gasteiger partial charge in [-0.1, -0.05) is 60.7 Å². The molecule has 0 bridgehead atoms. The first-order valence-corrected chi connectivity index (χ1v) is 12.7. The zero-order valence-electron chi connectivity index (χ0n) is 18.7. The quantitative estimate of drug-likeness (QED) is 0.244. The van der Waals surface area contributed by atoms with Crippen molar-refractivity contribution in [3.63, 3.8) is 0 Å². The van der Waals surface area contributed by atoms with Crippen LogP contribution < -0.4 is 0 Å². The third-order valence-electron chi connectivity index (χ3n) is 5.67. The molecule has 174 valence electrons. The Balaban J connectivity index is 0.000000145. The molecule has 0 radical (unpaired) electrons. The molecule has 0 saturated heterocycles. The molecule has 7 heteroatoms. The number of imidazole rings is 2. The first kappa shape index (κ1) is 23.5. The lowest BCUT2D eigenvalue weighted by Crippen LogP contribution is -2.03. The average Bonchev–Trinajstić information content (AvgIpc) is 3.49. The van der Waals surface area contributed by atoms with Crippen LogP contribution in [-0.4, -0.2) is 23.9 Å². The van der Waals surface area contributed by atoms with Crippen molar-refractivity contribution >= 4 is 43.2 Å². The van der Waals surface area contributed by atoms with E-state index in [9.17, 15) is 5.11 Å². The highest BCUT2D eigenvalue weighted by atomic mass is 79.9. The highest BCUT2D eigenvalue weighted by Crippen LogP contribution is 2.24. The lowest BCUT2D eigenvalue weighted by Gasteiger charge is -2.10. The standard InChI is InChI=1S/C14H11BrN2O.C14H11BrN2/c15-11-6-7-13-16-8-12(17(13)9-11)14(18)10-4-2-1-3-5-10;15-12-6-7-14-16-9-13(17(14)10-12)8-11-4-2-1-3-5-11/h1-9,14,18H;1-7,9-10H,8H2. The number of hydrogen-bond donors (Lipinski definition) is 1. The van der Waals surface area contributed by atoms with Crippen molar-refractivity contribution in [2.75, 3.05) is 0 Å². The van der Waals surface area contributed by atoms with E-state index in [2.05, 4.69) is 76.7 Å². The number of nitrogens with zero attached hydrogens (tertiary/aromatic N) is 4. The molecule has 0 aliphatic carbocycles. The van der Waals surface area contributed by atoms with E-state index in [0.717, 1.165) is 37.9 Å². The number of halogens is 2. The molecule has 1 N–H and O–H groups in total. The Morgan fingerprint density at radius 2 is 1.26 bits per heavy atom. The van der Waals surface area contributed by atoms with E-state index in [4.69, 9.17) is 0 Å². The highest BCUT2D eigenvalue weighted by Gasteiger charge is 2.15. The molecule has 35 heavy (non-hydrogen) atoms. The van der Waals surface area contributed by atoms with Crippen molar-refractivity contribution in [1.29, 1.82) is 0 Å². The number of benzene rings is 2. The van der Waals surface area contributed by atoms with Gasteiger partial charge in [0.2, 0.25) is 0 Å². The van der Waals surface area contributed by atoms with E-state index in [1.165, 1.54) is 11.3 Å². The fourth-order valence-corrected chi connectivity index (χ4v) is 4.60. The lowest BCUT2D eigenvalue weighted by molar-refractivity contribution is 0.214. The molecule has 6 aromatic rings. The van der Waals surface area contributed by atoms with Crippen molar-refractivity contribution in [2.24, 2.45) is 0 Å². The number of fused-ring (bicyclic) bond motifs is 2. The van der Waals surface area contributed by atoms with Gasteiger partial charge in [0, 0.05) is 39.7 Å². The normalized spacial score (nSPS) is 11.9. The van der Waals surface area contributed by atoms with Crippen LogP contribution in [-0.2, 0) is 6.42 Å². The summed E-state index contributed by atoms with van der Waals surface area (Å²) >= 11 is 6.91. The van der Waals surface area contributed by atoms with E-state index >= 15 is 0 Å². The molecule has 4 aromatic heterocycles. The van der Waals surface area contributed by atoms with Crippen LogP contribution in [0.4, 0.5) is 0 Å². The second kappa shape index (κ2) is 10.6. The maximum atomic E-state index is 10.4. The van der Waals surface area contributed by atoms with Gasteiger partial charge in [-0.3, -0.25) is 4.40 Å². The minimum absolute atomic E-state index is 0.671. The summed E-state index contributed by atoms with van der Waals surface area (Å²) in [6.07, 6.45) is 7.84. The maximum Gasteiger partial charge on any atom is 0.137 e. The summed E-state index contributed by atoms with van der Waals surface area (Å²) in [5.74, 6) is 0. The Labute approximate surface area is 220 Å². The number of hydrogen-bond acceptors (Lipinski definition) is 3. The molecule has 1 unspecified atom stereocenters. The van der Waals surface area contributed by atoms with E-state index < -0.39 is 6.10 Å². The third-order valence-corrected chi connectivity index (χ3v) is 6.61. The molecule has 2 aromatic carbocycles. The van der Waals surface area contributed by atoms with Crippen molar-refractivity contribution in [3.8, 4) is 0 Å². The Morgan fingerprint density at radius 3 is 1.94 bits per heavy atom. The van der Waals surface area contributed by atoms with Gasteiger partial charge in [0.25, 0.3) is 0 Å². The second-order valence-electron chi connectivity index (χ2n) is 8.06. The number of aliphatic hydroxyl groups excluding tert-OH is 1. The molecule has 1 atom stereocenters. The third kappa shape index (κ3) is 5.37. The van der Waals surface area contributed by atoms with Crippen molar-refractivity contribution in [2.45, 2.75) is 12.5 Å². The topological polar surface area (TPSA) is 54.8 Å². The van der Waals surface area contributed by atoms with Crippen LogP contribution in [0.1, 0.15) is 28.6 Å². The number of aromatic nitrogens is 4. The van der Waals surface area contributed by atoms with Gasteiger partial charge >= 0.3 is 0 Å². The fraction of sp³-hybridized carbons (Fsp3) is 0.0714. The van der Waals surface area contributed by atoms with Crippen LogP contribution in [0.3, 0.4) is 0 Å². The smallest absolute Gasteiger partial charge is 0.137 e. The van der Waals surface area contributed by atoms with Gasteiger partial charge in [0.05, 0.1) is 11.9 Å². The summed E-state index contributed by atoms with van der Waals surface area (Å²) in [6, 6.07) is 27.9. The molecule has 0 fully saturated rings. The first-order valence-electron chi connectivity index (χ1n) is 11.1. The summed E-state index contributed by atoms with van der Waals surface area (Å²) in [6.45, 7) is 0. The molecule has 0 spiro atoms. The summed E-state index contributed by atoms with van der Waals surface area (Å²) < 4.78 is 6.03. The van der Waals surface area contributed by atoms with Crippen LogP contribution in [0.25, 0.3) is 11.3 Å². The summed E-state index contributed by atoms with van der Waals surface area (Å²) in [4.78, 5) is 8.69. The van der Waals surface area contributed by atoms with E-state index in [-0.39, 0.29) is 0 Å². The minimum Gasteiger partial charge on any atom is -0.382 e. The fourth-order valence-electron chi connectivity index (χ4n) is 3.92. The lowest BCUT2D eigenvalue weighted by atomic mass is 10.1. The predicted molar refractivity (Wildman–Crippen MR) is 146 cm³/mol. The van der Waals surface area contributed by atoms with Crippen molar-refractivity contribution < 1.29 is 5.11 Å². The molecule has 4 heterocycles. The van der Waals surface area contributed by atoms with Gasteiger partial charge in [-0.05, 0) is 67.3 Å². The van der Waals surface area contributed by atoms with Gasteiger partial charge in [-0.25, -0.2) is 9.97 Å². The van der Waals surface area contributed by atoms with Gasteiger partial charge in [0.1, 0.15) is 17.4 Å². The molecule has 0 saturated carbocycles. The SMILES string of the molecule is Brc1ccc2ncc(Cc3ccccc3)n2c1.OC(c1ccccc1)c1cnc2ccc(Br)cn12. The van der Waals surface area contributed by atoms with Gasteiger partial charge in [-0.2, -0.15) is 0 Å². The van der Waals surface area contributed by atoms with Crippen LogP contribution in [0.15, 0.2) is 119 Å². The Bertz CT molecular complexity index is 1560. The van der Waals surface area contributed by atoms with Gasteiger partial charge < -0.3 is 9.51 Å². The van der Waals surface area contributed by atoms with Crippen LogP contribution >= 0.6 is 31.9 Å². The minimum atomic E-state index is -0.671. The Kier molecular flexibility index (Phi) is 7.08. The van der Waals surface area contributed by atoms with Crippen LogP contribution in [0.2, 0.25) is 0 Å². The number of pyridine rings is 2. The molecule has 0 aliphatic rings. The van der Waals surface area contributed by atoms with Gasteiger partial charge in [0.15, 0.2) is 0 Å². The molecular weight excluding hydrogens is 568 g/mol. The summed E-state index contributed by atoms with van der Waals surface area (Å²) in [7, 11) is 0. The molecule has 6 rings (SSSR count). The second-order valence-corrected chi connectivity index (χ2v) is 9.89. The Hall–Kier alpha value is -3.26. The van der Waals surface area contributed by atoms with Crippen molar-refractivity contribution in [3.05, 3.63) is 141 Å². The predicted octanol–water partition coefficient (Wildman–Crippen LogP) is 6.87. The largest absolute Gasteiger partial charge is 0.382 e. The van der Waals surface area contributed by atoms with E-state index in [1.54, 1.807) is 6.20 Å². The monoisotopic (exact) mass is 588 g/mol. The maximum absolute atomic E-state index is 10.4.